The van der Waals surface area contributed by atoms with Gasteiger partial charge in [0, 0.05) is 0 Å². The molecule has 0 atom stereocenters. The first-order valence-corrected chi connectivity index (χ1v) is 4.51. The Morgan fingerprint density at radius 1 is 1.62 bits per heavy atom. The number of hydrogen-bond donors (Lipinski definition) is 2. The van der Waals surface area contributed by atoms with Gasteiger partial charge in [0.2, 0.25) is 0 Å². The molecule has 0 aliphatic heterocycles. The number of carbonyl (C=O) groups is 1. The highest BCUT2D eigenvalue weighted by atomic mass is 127. The van der Waals surface area contributed by atoms with Crippen molar-refractivity contribution in [2.45, 2.75) is 0 Å². The average Bonchev–Trinajstić information content (AvgIpc) is 2.09. The van der Waals surface area contributed by atoms with Crippen LogP contribution in [0.25, 0.3) is 0 Å². The third-order valence-electron chi connectivity index (χ3n) is 1.59. The molecule has 0 heterocycles. The molecule has 1 aromatic rings. The molecule has 4 nitrogen and oxygen atoms in total. The quantitative estimate of drug-likeness (QED) is 0.641. The van der Waals surface area contributed by atoms with Gasteiger partial charge >= 0.3 is 5.97 Å². The third-order valence-corrected chi connectivity index (χ3v) is 2.71. The molecule has 1 aromatic carbocycles. The van der Waals surface area contributed by atoms with E-state index in [4.69, 9.17) is 15.6 Å². The number of anilines is 1. The summed E-state index contributed by atoms with van der Waals surface area (Å²) >= 11 is 1.95. The lowest BCUT2D eigenvalue weighted by Crippen LogP contribution is -2.05. The minimum atomic E-state index is -1.03. The minimum absolute atomic E-state index is 0.102. The van der Waals surface area contributed by atoms with Crippen molar-refractivity contribution in [1.29, 1.82) is 0 Å². The zero-order chi connectivity index (χ0) is 10.0. The van der Waals surface area contributed by atoms with Gasteiger partial charge in [0.05, 0.1) is 21.9 Å². The van der Waals surface area contributed by atoms with Crippen LogP contribution in [0.2, 0.25) is 0 Å². The maximum Gasteiger partial charge on any atom is 0.337 e. The molecule has 0 unspecified atom stereocenters. The van der Waals surface area contributed by atoms with Crippen molar-refractivity contribution >= 4 is 34.2 Å². The molecule has 0 aromatic heterocycles. The van der Waals surface area contributed by atoms with Gasteiger partial charge in [0.15, 0.2) is 0 Å². The SMILES string of the molecule is COc1ccc(C(=O)O)c(N)c1I. The van der Waals surface area contributed by atoms with Crippen molar-refractivity contribution in [2.75, 3.05) is 12.8 Å². The van der Waals surface area contributed by atoms with Crippen molar-refractivity contribution in [3.05, 3.63) is 21.3 Å². The van der Waals surface area contributed by atoms with Crippen LogP contribution in [-0.4, -0.2) is 18.2 Å². The van der Waals surface area contributed by atoms with Gasteiger partial charge in [-0.1, -0.05) is 0 Å². The molecule has 0 radical (unpaired) electrons. The number of halogens is 1. The van der Waals surface area contributed by atoms with Crippen LogP contribution in [0.3, 0.4) is 0 Å². The van der Waals surface area contributed by atoms with E-state index in [2.05, 4.69) is 0 Å². The van der Waals surface area contributed by atoms with Gasteiger partial charge in [-0.05, 0) is 34.7 Å². The Labute approximate surface area is 88.8 Å². The van der Waals surface area contributed by atoms with Crippen LogP contribution in [0.1, 0.15) is 10.4 Å². The largest absolute Gasteiger partial charge is 0.496 e. The zero-order valence-electron chi connectivity index (χ0n) is 6.87. The van der Waals surface area contributed by atoms with Gasteiger partial charge in [0.1, 0.15) is 5.75 Å². The highest BCUT2D eigenvalue weighted by Crippen LogP contribution is 2.28. The van der Waals surface area contributed by atoms with Crippen LogP contribution in [0.15, 0.2) is 12.1 Å². The number of ether oxygens (including phenoxy) is 1. The fraction of sp³-hybridized carbons (Fsp3) is 0.125. The van der Waals surface area contributed by atoms with E-state index in [9.17, 15) is 4.79 Å². The van der Waals surface area contributed by atoms with Crippen LogP contribution < -0.4 is 10.5 Å². The molecule has 0 saturated heterocycles. The van der Waals surface area contributed by atoms with Gasteiger partial charge in [-0.3, -0.25) is 0 Å². The number of aromatic carboxylic acids is 1. The summed E-state index contributed by atoms with van der Waals surface area (Å²) in [6.07, 6.45) is 0. The van der Waals surface area contributed by atoms with Crippen LogP contribution >= 0.6 is 22.6 Å². The lowest BCUT2D eigenvalue weighted by molar-refractivity contribution is 0.0698. The standard InChI is InChI=1S/C8H8INO3/c1-13-5-3-2-4(8(11)12)7(10)6(5)9/h2-3H,10H2,1H3,(H,11,12). The fourth-order valence-corrected chi connectivity index (χ4v) is 1.61. The van der Waals surface area contributed by atoms with Gasteiger partial charge < -0.3 is 15.6 Å². The molecule has 0 spiro atoms. The second-order valence-electron chi connectivity index (χ2n) is 2.35. The predicted molar refractivity (Wildman–Crippen MR) is 57.1 cm³/mol. The molecular formula is C8H8INO3. The van der Waals surface area contributed by atoms with E-state index in [0.29, 0.717) is 9.32 Å². The molecule has 0 aliphatic rings. The molecule has 0 amide bonds. The Kier molecular flexibility index (Phi) is 2.97. The molecule has 13 heavy (non-hydrogen) atoms. The van der Waals surface area contributed by atoms with Crippen molar-refractivity contribution in [2.24, 2.45) is 0 Å². The third kappa shape index (κ3) is 1.85. The summed E-state index contributed by atoms with van der Waals surface area (Å²) < 4.78 is 5.61. The maximum atomic E-state index is 10.6. The van der Waals surface area contributed by atoms with Gasteiger partial charge in [-0.2, -0.15) is 0 Å². The summed E-state index contributed by atoms with van der Waals surface area (Å²) in [5.41, 5.74) is 5.94. The molecule has 3 N–H and O–H groups in total. The number of carboxylic acids is 1. The highest BCUT2D eigenvalue weighted by molar-refractivity contribution is 14.1. The van der Waals surface area contributed by atoms with Crippen molar-refractivity contribution < 1.29 is 14.6 Å². The molecular weight excluding hydrogens is 285 g/mol. The van der Waals surface area contributed by atoms with Crippen LogP contribution in [0.4, 0.5) is 5.69 Å². The number of methoxy groups -OCH3 is 1. The Bertz CT molecular complexity index is 351. The van der Waals surface area contributed by atoms with Crippen LogP contribution in [-0.2, 0) is 0 Å². The Morgan fingerprint density at radius 2 is 2.23 bits per heavy atom. The smallest absolute Gasteiger partial charge is 0.337 e. The Morgan fingerprint density at radius 3 is 2.69 bits per heavy atom. The van der Waals surface area contributed by atoms with Gasteiger partial charge in [0.25, 0.3) is 0 Å². The summed E-state index contributed by atoms with van der Waals surface area (Å²) in [5, 5.41) is 8.73. The lowest BCUT2D eigenvalue weighted by atomic mass is 10.2. The minimum Gasteiger partial charge on any atom is -0.496 e. The molecule has 5 heteroatoms. The maximum absolute atomic E-state index is 10.6. The van der Waals surface area contributed by atoms with Crippen LogP contribution in [0, 0.1) is 3.57 Å². The number of benzene rings is 1. The summed E-state index contributed by atoms with van der Waals surface area (Å²) in [6, 6.07) is 3.01. The highest BCUT2D eigenvalue weighted by Gasteiger charge is 2.13. The number of nitrogen functional groups attached to an aromatic ring is 1. The monoisotopic (exact) mass is 293 g/mol. The van der Waals surface area contributed by atoms with E-state index in [1.54, 1.807) is 6.07 Å². The van der Waals surface area contributed by atoms with E-state index in [1.165, 1.54) is 13.2 Å². The van der Waals surface area contributed by atoms with Crippen molar-refractivity contribution in [1.82, 2.24) is 0 Å². The van der Waals surface area contributed by atoms with E-state index in [1.807, 2.05) is 22.6 Å². The van der Waals surface area contributed by atoms with Gasteiger partial charge in [-0.15, -0.1) is 0 Å². The fourth-order valence-electron chi connectivity index (χ4n) is 0.917. The first-order chi connectivity index (χ1) is 6.07. The first-order valence-electron chi connectivity index (χ1n) is 3.43. The molecule has 0 bridgehead atoms. The van der Waals surface area contributed by atoms with Gasteiger partial charge in [-0.25, -0.2) is 4.79 Å². The van der Waals surface area contributed by atoms with E-state index in [-0.39, 0.29) is 11.3 Å². The normalized spacial score (nSPS) is 9.69. The summed E-state index contributed by atoms with van der Waals surface area (Å²) in [6.45, 7) is 0. The second-order valence-corrected chi connectivity index (χ2v) is 3.43. The summed E-state index contributed by atoms with van der Waals surface area (Å²) in [7, 11) is 1.51. The number of hydrogen-bond acceptors (Lipinski definition) is 3. The molecule has 70 valence electrons. The zero-order valence-corrected chi connectivity index (χ0v) is 9.03. The summed E-state index contributed by atoms with van der Waals surface area (Å²) in [5.74, 6) is -0.443. The first kappa shape index (κ1) is 10.1. The molecule has 0 saturated carbocycles. The number of carboxylic acid groups (broad SMARTS) is 1. The topological polar surface area (TPSA) is 72.5 Å². The predicted octanol–water partition coefficient (Wildman–Crippen LogP) is 1.58. The Balaban J connectivity index is 3.31. The number of nitrogens with two attached hydrogens (primary N) is 1. The Hall–Kier alpha value is -0.980. The molecule has 1 rings (SSSR count). The van der Waals surface area contributed by atoms with Crippen LogP contribution in [0.5, 0.6) is 5.75 Å². The number of rotatable bonds is 2. The second kappa shape index (κ2) is 3.82. The van der Waals surface area contributed by atoms with E-state index >= 15 is 0 Å². The van der Waals surface area contributed by atoms with E-state index < -0.39 is 5.97 Å². The van der Waals surface area contributed by atoms with E-state index in [0.717, 1.165) is 0 Å². The van der Waals surface area contributed by atoms with Crippen molar-refractivity contribution in [3.63, 3.8) is 0 Å². The molecule has 0 aliphatic carbocycles. The van der Waals surface area contributed by atoms with Crippen molar-refractivity contribution in [3.8, 4) is 5.75 Å². The summed E-state index contributed by atoms with van der Waals surface area (Å²) in [4.78, 5) is 10.6. The molecule has 0 fully saturated rings. The average molecular weight is 293 g/mol. The lowest BCUT2D eigenvalue weighted by Gasteiger charge is -2.07.